The van der Waals surface area contributed by atoms with E-state index in [1.165, 1.54) is 12.1 Å². The van der Waals surface area contributed by atoms with Gasteiger partial charge in [-0.05, 0) is 56.4 Å². The van der Waals surface area contributed by atoms with Crippen molar-refractivity contribution in [2.24, 2.45) is 0 Å². The van der Waals surface area contributed by atoms with Gasteiger partial charge in [0.1, 0.15) is 5.75 Å². The maximum atomic E-state index is 12.3. The number of benzene rings is 2. The van der Waals surface area contributed by atoms with E-state index in [1.807, 2.05) is 13.1 Å². The van der Waals surface area contributed by atoms with Crippen molar-refractivity contribution >= 4 is 17.3 Å². The van der Waals surface area contributed by atoms with Crippen LogP contribution in [0.15, 0.2) is 48.5 Å². The molecule has 0 radical (unpaired) electrons. The molecule has 0 unspecified atom stereocenters. The molecular weight excluding hydrogens is 328 g/mol. The summed E-state index contributed by atoms with van der Waals surface area (Å²) in [6.07, 6.45) is 0.837. The van der Waals surface area contributed by atoms with Gasteiger partial charge in [0.2, 0.25) is 0 Å². The fourth-order valence-electron chi connectivity index (χ4n) is 2.23. The van der Waals surface area contributed by atoms with Gasteiger partial charge in [-0.25, -0.2) is 0 Å². The topological polar surface area (TPSA) is 62.4 Å². The number of nitrogens with one attached hydrogen (secondary N) is 3. The Morgan fingerprint density at radius 1 is 1.08 bits per heavy atom. The Balaban J connectivity index is 2.03. The average molecular weight is 349 g/mol. The second kappa shape index (κ2) is 9.58. The molecule has 25 heavy (non-hydrogen) atoms. The number of carbonyl (C=O) groups excluding carboxylic acids is 1. The zero-order valence-electron chi connectivity index (χ0n) is 13.9. The number of carbonyl (C=O) groups is 1. The average Bonchev–Trinajstić information content (AvgIpc) is 2.60. The summed E-state index contributed by atoms with van der Waals surface area (Å²) in [5.41, 5.74) is 1.81. The molecule has 7 heteroatoms. The molecule has 0 aromatic heterocycles. The van der Waals surface area contributed by atoms with Gasteiger partial charge in [0, 0.05) is 12.2 Å². The molecule has 0 aliphatic heterocycles. The predicted octanol–water partition coefficient (Wildman–Crippen LogP) is 3.37. The smallest absolute Gasteiger partial charge is 0.387 e. The highest BCUT2D eigenvalue weighted by Crippen LogP contribution is 2.23. The van der Waals surface area contributed by atoms with E-state index in [9.17, 15) is 13.6 Å². The van der Waals surface area contributed by atoms with E-state index in [4.69, 9.17) is 0 Å². The predicted molar refractivity (Wildman–Crippen MR) is 93.7 cm³/mol. The van der Waals surface area contributed by atoms with Gasteiger partial charge >= 0.3 is 6.61 Å². The number of hydrogen-bond acceptors (Lipinski definition) is 4. The number of alkyl halides is 2. The lowest BCUT2D eigenvalue weighted by molar-refractivity contribution is -0.0498. The van der Waals surface area contributed by atoms with E-state index >= 15 is 0 Å². The maximum absolute atomic E-state index is 12.3. The van der Waals surface area contributed by atoms with Gasteiger partial charge in [-0.3, -0.25) is 4.79 Å². The van der Waals surface area contributed by atoms with Crippen molar-refractivity contribution in [2.75, 3.05) is 25.5 Å². The molecule has 134 valence electrons. The Morgan fingerprint density at radius 2 is 1.80 bits per heavy atom. The molecule has 0 saturated heterocycles. The molecule has 5 nitrogen and oxygen atoms in total. The lowest BCUT2D eigenvalue weighted by Crippen LogP contribution is -2.27. The Hall–Kier alpha value is -2.67. The fraction of sp³-hybridized carbons (Fsp3) is 0.278. The summed E-state index contributed by atoms with van der Waals surface area (Å²) in [7, 11) is 1.86. The normalized spacial score (nSPS) is 10.6. The third-order valence-electron chi connectivity index (χ3n) is 3.42. The van der Waals surface area contributed by atoms with E-state index in [-0.39, 0.29) is 11.7 Å². The van der Waals surface area contributed by atoms with E-state index in [0.717, 1.165) is 13.0 Å². The number of hydrogen-bond donors (Lipinski definition) is 3. The number of halogens is 2. The second-order valence-electron chi connectivity index (χ2n) is 5.29. The number of para-hydroxylation sites is 1. The van der Waals surface area contributed by atoms with E-state index < -0.39 is 6.61 Å². The lowest BCUT2D eigenvalue weighted by atomic mass is 10.1. The van der Waals surface area contributed by atoms with Crippen LogP contribution in [0.1, 0.15) is 16.8 Å². The van der Waals surface area contributed by atoms with Gasteiger partial charge in [0.05, 0.1) is 11.3 Å². The fourth-order valence-corrected chi connectivity index (χ4v) is 2.23. The summed E-state index contributed by atoms with van der Waals surface area (Å²) in [6, 6.07) is 13.2. The van der Waals surface area contributed by atoms with Crippen LogP contribution in [-0.2, 0) is 0 Å². The summed E-state index contributed by atoms with van der Waals surface area (Å²) >= 11 is 0. The Labute approximate surface area is 145 Å². The van der Waals surface area contributed by atoms with Gasteiger partial charge < -0.3 is 20.7 Å². The maximum Gasteiger partial charge on any atom is 0.387 e. The molecule has 0 bridgehead atoms. The van der Waals surface area contributed by atoms with Crippen LogP contribution in [0, 0.1) is 0 Å². The van der Waals surface area contributed by atoms with Crippen molar-refractivity contribution in [1.82, 2.24) is 10.6 Å². The van der Waals surface area contributed by atoms with Gasteiger partial charge in [-0.2, -0.15) is 8.78 Å². The molecule has 0 saturated carbocycles. The highest BCUT2D eigenvalue weighted by molar-refractivity contribution is 6.00. The SMILES string of the molecule is CNCCCNC(=O)c1ccccc1Nc1ccc(OC(F)F)cc1. The molecular formula is C18H21F2N3O2. The van der Waals surface area contributed by atoms with Crippen LogP contribution in [-0.4, -0.2) is 32.7 Å². The van der Waals surface area contributed by atoms with Crippen LogP contribution in [0.5, 0.6) is 5.75 Å². The van der Waals surface area contributed by atoms with Crippen LogP contribution < -0.4 is 20.7 Å². The van der Waals surface area contributed by atoms with Crippen molar-refractivity contribution in [3.05, 3.63) is 54.1 Å². The number of anilines is 2. The zero-order valence-corrected chi connectivity index (χ0v) is 13.9. The van der Waals surface area contributed by atoms with Crippen molar-refractivity contribution in [3.63, 3.8) is 0 Å². The van der Waals surface area contributed by atoms with Crippen molar-refractivity contribution in [2.45, 2.75) is 13.0 Å². The van der Waals surface area contributed by atoms with E-state index in [2.05, 4.69) is 20.7 Å². The standard InChI is InChI=1S/C18H21F2N3O2/c1-21-11-4-12-22-17(24)15-5-2-3-6-16(15)23-13-7-9-14(10-8-13)25-18(19)20/h2-3,5-10,18,21,23H,4,11-12H2,1H3,(H,22,24). The van der Waals surface area contributed by atoms with Crippen LogP contribution in [0.3, 0.4) is 0 Å². The van der Waals surface area contributed by atoms with Crippen molar-refractivity contribution in [1.29, 1.82) is 0 Å². The third kappa shape index (κ3) is 6.04. The van der Waals surface area contributed by atoms with Gasteiger partial charge in [-0.15, -0.1) is 0 Å². The Morgan fingerprint density at radius 3 is 2.48 bits per heavy atom. The number of amides is 1. The van der Waals surface area contributed by atoms with E-state index in [1.54, 1.807) is 30.3 Å². The first kappa shape index (κ1) is 18.7. The van der Waals surface area contributed by atoms with Gasteiger partial charge in [0.25, 0.3) is 5.91 Å². The first-order chi connectivity index (χ1) is 12.1. The van der Waals surface area contributed by atoms with Crippen molar-refractivity contribution in [3.8, 4) is 5.75 Å². The van der Waals surface area contributed by atoms with Gasteiger partial charge in [0.15, 0.2) is 0 Å². The Bertz CT molecular complexity index is 678. The molecule has 2 aromatic rings. The highest BCUT2D eigenvalue weighted by Gasteiger charge is 2.11. The third-order valence-corrected chi connectivity index (χ3v) is 3.42. The molecule has 0 aliphatic carbocycles. The molecule has 0 spiro atoms. The minimum atomic E-state index is -2.86. The monoisotopic (exact) mass is 349 g/mol. The molecule has 2 rings (SSSR count). The minimum absolute atomic E-state index is 0.0797. The molecule has 0 heterocycles. The first-order valence-corrected chi connectivity index (χ1v) is 7.94. The van der Waals surface area contributed by atoms with Crippen LogP contribution in [0.2, 0.25) is 0 Å². The van der Waals surface area contributed by atoms with Gasteiger partial charge in [-0.1, -0.05) is 12.1 Å². The lowest BCUT2D eigenvalue weighted by Gasteiger charge is -2.13. The van der Waals surface area contributed by atoms with E-state index in [0.29, 0.717) is 23.5 Å². The summed E-state index contributed by atoms with van der Waals surface area (Å²) in [5, 5.41) is 9.01. The molecule has 0 atom stereocenters. The molecule has 3 N–H and O–H groups in total. The minimum Gasteiger partial charge on any atom is -0.435 e. The molecule has 0 aliphatic rings. The van der Waals surface area contributed by atoms with Crippen LogP contribution in [0.25, 0.3) is 0 Å². The van der Waals surface area contributed by atoms with Crippen LogP contribution in [0.4, 0.5) is 20.2 Å². The van der Waals surface area contributed by atoms with Crippen LogP contribution >= 0.6 is 0 Å². The molecule has 1 amide bonds. The second-order valence-corrected chi connectivity index (χ2v) is 5.29. The largest absolute Gasteiger partial charge is 0.435 e. The number of rotatable bonds is 9. The zero-order chi connectivity index (χ0) is 18.1. The number of ether oxygens (including phenoxy) is 1. The first-order valence-electron chi connectivity index (χ1n) is 7.94. The molecule has 0 fully saturated rings. The summed E-state index contributed by atoms with van der Waals surface area (Å²) in [6.45, 7) is -1.45. The quantitative estimate of drug-likeness (QED) is 0.608. The summed E-state index contributed by atoms with van der Waals surface area (Å²) < 4.78 is 28.7. The summed E-state index contributed by atoms with van der Waals surface area (Å²) in [5.74, 6) is -0.0898. The molecule has 2 aromatic carbocycles. The summed E-state index contributed by atoms with van der Waals surface area (Å²) in [4.78, 5) is 12.3. The highest BCUT2D eigenvalue weighted by atomic mass is 19.3. The van der Waals surface area contributed by atoms with Crippen molar-refractivity contribution < 1.29 is 18.3 Å². The Kier molecular flexibility index (Phi) is 7.16.